The van der Waals surface area contributed by atoms with Gasteiger partial charge in [-0.05, 0) is 53.9 Å². The van der Waals surface area contributed by atoms with E-state index in [1.807, 2.05) is 29.2 Å². The van der Waals surface area contributed by atoms with Crippen LogP contribution in [0.4, 0.5) is 0 Å². The number of piperidine rings is 1. The van der Waals surface area contributed by atoms with Gasteiger partial charge in [0.15, 0.2) is 0 Å². The number of amides is 1. The molecule has 2 rings (SSSR count). The maximum atomic E-state index is 12.4. The van der Waals surface area contributed by atoms with Gasteiger partial charge in [0.25, 0.3) is 5.91 Å². The molecule has 0 atom stereocenters. The predicted octanol–water partition coefficient (Wildman–Crippen LogP) is 2.84. The fourth-order valence-corrected chi connectivity index (χ4v) is 2.82. The molecule has 1 fully saturated rings. The molecule has 118 valence electrons. The molecule has 21 heavy (non-hydrogen) atoms. The van der Waals surface area contributed by atoms with Gasteiger partial charge in [0.05, 0.1) is 11.7 Å². The number of hydrogen-bond acceptors (Lipinski definition) is 3. The monoisotopic (exact) mass is 376 g/mol. The molecule has 1 aliphatic heterocycles. The third-order valence-electron chi connectivity index (χ3n) is 3.54. The molecule has 1 saturated heterocycles. The summed E-state index contributed by atoms with van der Waals surface area (Å²) in [6, 6.07) is 7.56. The van der Waals surface area contributed by atoms with E-state index in [2.05, 4.69) is 15.9 Å². The maximum absolute atomic E-state index is 12.4. The molecule has 0 spiro atoms. The summed E-state index contributed by atoms with van der Waals surface area (Å²) in [4.78, 5) is 14.3. The number of ether oxygens (including phenoxy) is 1. The Kier molecular flexibility index (Phi) is 8.26. The second-order valence-corrected chi connectivity index (χ2v) is 5.84. The molecule has 1 aromatic carbocycles. The van der Waals surface area contributed by atoms with Crippen molar-refractivity contribution in [3.8, 4) is 0 Å². The molecule has 0 radical (unpaired) electrons. The van der Waals surface area contributed by atoms with Crippen molar-refractivity contribution >= 4 is 34.2 Å². The van der Waals surface area contributed by atoms with E-state index in [0.717, 1.165) is 49.0 Å². The van der Waals surface area contributed by atoms with E-state index < -0.39 is 0 Å². The fraction of sp³-hybridized carbons (Fsp3) is 0.533. The van der Waals surface area contributed by atoms with Gasteiger partial charge in [-0.15, -0.1) is 12.4 Å². The van der Waals surface area contributed by atoms with Crippen molar-refractivity contribution in [1.29, 1.82) is 0 Å². The predicted molar refractivity (Wildman–Crippen MR) is 89.9 cm³/mol. The number of likely N-dealkylation sites (tertiary alicyclic amines) is 1. The molecule has 4 nitrogen and oxygen atoms in total. The van der Waals surface area contributed by atoms with E-state index in [0.29, 0.717) is 6.54 Å². The first kappa shape index (κ1) is 18.4. The largest absolute Gasteiger partial charge is 0.378 e. The molecule has 0 aliphatic carbocycles. The molecule has 6 heteroatoms. The average Bonchev–Trinajstić information content (AvgIpc) is 2.48. The number of carbonyl (C=O) groups excluding carboxylic acids is 1. The average molecular weight is 378 g/mol. The Morgan fingerprint density at radius 1 is 1.33 bits per heavy atom. The lowest BCUT2D eigenvalue weighted by Crippen LogP contribution is -2.41. The number of halogens is 2. The van der Waals surface area contributed by atoms with Crippen molar-refractivity contribution in [3.05, 3.63) is 34.3 Å². The van der Waals surface area contributed by atoms with Gasteiger partial charge in [-0.2, -0.15) is 0 Å². The van der Waals surface area contributed by atoms with Gasteiger partial charge >= 0.3 is 0 Å². The molecule has 0 bridgehead atoms. The van der Waals surface area contributed by atoms with Crippen LogP contribution in [0.5, 0.6) is 0 Å². The fourth-order valence-electron chi connectivity index (χ4n) is 2.36. The van der Waals surface area contributed by atoms with Gasteiger partial charge in [-0.1, -0.05) is 12.1 Å². The molecule has 2 N–H and O–H groups in total. The zero-order valence-electron chi connectivity index (χ0n) is 12.0. The summed E-state index contributed by atoms with van der Waals surface area (Å²) in [7, 11) is 0. The molecular weight excluding hydrogens is 356 g/mol. The summed E-state index contributed by atoms with van der Waals surface area (Å²) in [6.45, 7) is 2.90. The zero-order chi connectivity index (χ0) is 14.4. The van der Waals surface area contributed by atoms with Crippen molar-refractivity contribution in [1.82, 2.24) is 4.90 Å². The first-order chi connectivity index (χ1) is 9.72. The zero-order valence-corrected chi connectivity index (χ0v) is 14.4. The molecule has 0 unspecified atom stereocenters. The standard InChI is InChI=1S/C15H21BrN2O2.ClH/c16-14-5-2-1-4-13(14)15(19)18-9-6-12(7-10-18)20-11-3-8-17;/h1-2,4-5,12H,3,6-11,17H2;1H. The highest BCUT2D eigenvalue weighted by atomic mass is 79.9. The molecule has 0 aromatic heterocycles. The molecular formula is C15H22BrClN2O2. The van der Waals surface area contributed by atoms with Crippen LogP contribution >= 0.6 is 28.3 Å². The van der Waals surface area contributed by atoms with Crippen LogP contribution in [0.3, 0.4) is 0 Å². The van der Waals surface area contributed by atoms with Crippen molar-refractivity contribution in [3.63, 3.8) is 0 Å². The molecule has 0 saturated carbocycles. The first-order valence-electron chi connectivity index (χ1n) is 7.08. The number of nitrogens with zero attached hydrogens (tertiary/aromatic N) is 1. The number of carbonyl (C=O) groups is 1. The van der Waals surface area contributed by atoms with Gasteiger partial charge in [-0.3, -0.25) is 4.79 Å². The van der Waals surface area contributed by atoms with Gasteiger partial charge in [0.2, 0.25) is 0 Å². The van der Waals surface area contributed by atoms with E-state index in [1.54, 1.807) is 0 Å². The van der Waals surface area contributed by atoms with E-state index in [-0.39, 0.29) is 24.4 Å². The topological polar surface area (TPSA) is 55.6 Å². The lowest BCUT2D eigenvalue weighted by atomic mass is 10.1. The summed E-state index contributed by atoms with van der Waals surface area (Å²) in [5.74, 6) is 0.0953. The highest BCUT2D eigenvalue weighted by molar-refractivity contribution is 9.10. The van der Waals surface area contributed by atoms with E-state index in [1.165, 1.54) is 0 Å². The highest BCUT2D eigenvalue weighted by Gasteiger charge is 2.24. The minimum Gasteiger partial charge on any atom is -0.378 e. The number of hydrogen-bond donors (Lipinski definition) is 1. The SMILES string of the molecule is Cl.NCCCOC1CCN(C(=O)c2ccccc2Br)CC1. The summed E-state index contributed by atoms with van der Waals surface area (Å²) >= 11 is 3.43. The Bertz CT molecular complexity index is 451. The van der Waals surface area contributed by atoms with E-state index in [9.17, 15) is 4.79 Å². The van der Waals surface area contributed by atoms with Gasteiger partial charge in [0.1, 0.15) is 0 Å². The Hall–Kier alpha value is -0.620. The second-order valence-electron chi connectivity index (χ2n) is 4.98. The van der Waals surface area contributed by atoms with Crippen LogP contribution in [0.15, 0.2) is 28.7 Å². The van der Waals surface area contributed by atoms with Gasteiger partial charge in [0, 0.05) is 24.2 Å². The van der Waals surface area contributed by atoms with E-state index in [4.69, 9.17) is 10.5 Å². The first-order valence-corrected chi connectivity index (χ1v) is 7.87. The van der Waals surface area contributed by atoms with Crippen LogP contribution in [-0.2, 0) is 4.74 Å². The normalized spacial score (nSPS) is 15.6. The Morgan fingerprint density at radius 3 is 2.62 bits per heavy atom. The molecule has 1 amide bonds. The Balaban J connectivity index is 0.00000220. The molecule has 1 heterocycles. The summed E-state index contributed by atoms with van der Waals surface area (Å²) < 4.78 is 6.61. The van der Waals surface area contributed by atoms with Gasteiger partial charge in [-0.25, -0.2) is 0 Å². The van der Waals surface area contributed by atoms with Gasteiger partial charge < -0.3 is 15.4 Å². The second kappa shape index (κ2) is 9.41. The van der Waals surface area contributed by atoms with Crippen LogP contribution in [0.1, 0.15) is 29.6 Å². The summed E-state index contributed by atoms with van der Waals surface area (Å²) in [5, 5.41) is 0. The smallest absolute Gasteiger partial charge is 0.255 e. The van der Waals surface area contributed by atoms with Crippen LogP contribution in [0.25, 0.3) is 0 Å². The van der Waals surface area contributed by atoms with Crippen LogP contribution in [0.2, 0.25) is 0 Å². The minimum atomic E-state index is 0. The van der Waals surface area contributed by atoms with Crippen molar-refractivity contribution in [2.75, 3.05) is 26.2 Å². The molecule has 1 aromatic rings. The Labute approximate surface area is 140 Å². The Morgan fingerprint density at radius 2 is 2.00 bits per heavy atom. The summed E-state index contributed by atoms with van der Waals surface area (Å²) in [5.41, 5.74) is 6.18. The quantitative estimate of drug-likeness (QED) is 0.803. The lowest BCUT2D eigenvalue weighted by Gasteiger charge is -2.32. The summed E-state index contributed by atoms with van der Waals surface area (Å²) in [6.07, 6.45) is 2.97. The van der Waals surface area contributed by atoms with Crippen molar-refractivity contribution in [2.45, 2.75) is 25.4 Å². The number of nitrogens with two attached hydrogens (primary N) is 1. The van der Waals surface area contributed by atoms with Crippen LogP contribution in [0, 0.1) is 0 Å². The van der Waals surface area contributed by atoms with Crippen LogP contribution < -0.4 is 5.73 Å². The minimum absolute atomic E-state index is 0. The third kappa shape index (κ3) is 5.25. The van der Waals surface area contributed by atoms with Crippen LogP contribution in [-0.4, -0.2) is 43.2 Å². The van der Waals surface area contributed by atoms with Crippen molar-refractivity contribution < 1.29 is 9.53 Å². The third-order valence-corrected chi connectivity index (χ3v) is 4.23. The maximum Gasteiger partial charge on any atom is 0.255 e. The van der Waals surface area contributed by atoms with Crippen molar-refractivity contribution in [2.24, 2.45) is 5.73 Å². The van der Waals surface area contributed by atoms with E-state index >= 15 is 0 Å². The number of rotatable bonds is 5. The lowest BCUT2D eigenvalue weighted by molar-refractivity contribution is 0.00842. The molecule has 1 aliphatic rings. The number of benzene rings is 1. The highest BCUT2D eigenvalue weighted by Crippen LogP contribution is 2.21.